The Morgan fingerprint density at radius 2 is 2.24 bits per heavy atom. The number of aryl methyl sites for hydroxylation is 1. The van der Waals surface area contributed by atoms with Gasteiger partial charge in [0.05, 0.1) is 11.8 Å². The van der Waals surface area contributed by atoms with E-state index < -0.39 is 10.0 Å². The molecule has 0 amide bonds. The van der Waals surface area contributed by atoms with Gasteiger partial charge in [-0.15, -0.1) is 0 Å². The molecule has 1 heterocycles. The number of halogens is 1. The monoisotopic (exact) mass is 293 g/mol. The maximum Gasteiger partial charge on any atom is 0.254 e. The molecule has 0 bridgehead atoms. The predicted octanol–water partition coefficient (Wildman–Crippen LogP) is 2.03. The second-order valence-electron chi connectivity index (χ2n) is 3.24. The smallest absolute Gasteiger partial charge is 0.229 e. The zero-order chi connectivity index (χ0) is 13.1. The molecule has 0 aromatic carbocycles. The molecule has 0 spiro atoms. The number of rotatable bonds is 5. The zero-order valence-corrected chi connectivity index (χ0v) is 11.9. The minimum atomic E-state index is -3.58. The molecule has 1 aromatic heterocycles. The van der Waals surface area contributed by atoms with Crippen molar-refractivity contribution in [2.45, 2.75) is 24.5 Å². The molecule has 0 unspecified atom stereocenters. The lowest BCUT2D eigenvalue weighted by molar-refractivity contribution is 0.436. The van der Waals surface area contributed by atoms with Crippen LogP contribution < -0.4 is 0 Å². The summed E-state index contributed by atoms with van der Waals surface area (Å²) in [6, 6.07) is 1.93. The van der Waals surface area contributed by atoms with E-state index >= 15 is 0 Å². The maximum absolute atomic E-state index is 12.2. The van der Waals surface area contributed by atoms with E-state index in [0.29, 0.717) is 12.2 Å². The fourth-order valence-corrected chi connectivity index (χ4v) is 4.65. The normalized spacial score (nSPS) is 11.7. The van der Waals surface area contributed by atoms with Gasteiger partial charge in [0.15, 0.2) is 8.68 Å². The Morgan fingerprint density at radius 1 is 1.59 bits per heavy atom. The van der Waals surface area contributed by atoms with Crippen molar-refractivity contribution in [1.82, 2.24) is 9.29 Å². The number of sulfonamides is 1. The Morgan fingerprint density at radius 3 is 2.65 bits per heavy atom. The van der Waals surface area contributed by atoms with E-state index in [-0.39, 0.29) is 21.6 Å². The van der Waals surface area contributed by atoms with Crippen LogP contribution in [0.1, 0.15) is 19.0 Å². The third-order valence-corrected chi connectivity index (χ3v) is 5.95. The Balaban J connectivity index is 3.09. The molecule has 94 valence electrons. The van der Waals surface area contributed by atoms with Crippen LogP contribution in [0.5, 0.6) is 0 Å². The number of thiazole rings is 1. The average Bonchev–Trinajstić information content (AvgIpc) is 2.59. The summed E-state index contributed by atoms with van der Waals surface area (Å²) in [6.45, 7) is 3.84. The van der Waals surface area contributed by atoms with E-state index in [9.17, 15) is 8.42 Å². The van der Waals surface area contributed by atoms with Crippen LogP contribution in [0.3, 0.4) is 0 Å². The van der Waals surface area contributed by atoms with Gasteiger partial charge < -0.3 is 0 Å². The number of aromatic nitrogens is 1. The molecule has 17 heavy (non-hydrogen) atoms. The van der Waals surface area contributed by atoms with Gasteiger partial charge in [0.2, 0.25) is 0 Å². The van der Waals surface area contributed by atoms with Crippen LogP contribution in [0, 0.1) is 18.3 Å². The van der Waals surface area contributed by atoms with Gasteiger partial charge in [-0.05, 0) is 6.92 Å². The summed E-state index contributed by atoms with van der Waals surface area (Å²) in [5, 5.41) is 8.50. The molecule has 1 rings (SSSR count). The minimum Gasteiger partial charge on any atom is -0.229 e. The zero-order valence-electron chi connectivity index (χ0n) is 9.47. The Bertz CT molecular complexity index is 533. The molecule has 0 atom stereocenters. The summed E-state index contributed by atoms with van der Waals surface area (Å²) in [5.41, 5.74) is 0.399. The van der Waals surface area contributed by atoms with Gasteiger partial charge >= 0.3 is 0 Å². The highest BCUT2D eigenvalue weighted by Gasteiger charge is 2.27. The van der Waals surface area contributed by atoms with Crippen molar-refractivity contribution < 1.29 is 8.42 Å². The summed E-state index contributed by atoms with van der Waals surface area (Å²) in [4.78, 5) is 3.89. The van der Waals surface area contributed by atoms with Crippen molar-refractivity contribution in [3.8, 4) is 6.07 Å². The van der Waals surface area contributed by atoms with Gasteiger partial charge in [-0.25, -0.2) is 13.4 Å². The first-order chi connectivity index (χ1) is 7.93. The molecule has 0 N–H and O–H groups in total. The highest BCUT2D eigenvalue weighted by atomic mass is 35.5. The largest absolute Gasteiger partial charge is 0.254 e. The lowest BCUT2D eigenvalue weighted by Crippen LogP contribution is -2.31. The standard InChI is InChI=1S/C9H12ClN3O2S2/c1-3-13(6-4-5-11)17(14,15)8-7(2)12-9(10)16-8/h3-4,6H2,1-2H3. The van der Waals surface area contributed by atoms with Crippen LogP contribution in [-0.4, -0.2) is 30.8 Å². The van der Waals surface area contributed by atoms with Crippen molar-refractivity contribution in [3.05, 3.63) is 10.2 Å². The van der Waals surface area contributed by atoms with E-state index in [1.54, 1.807) is 13.8 Å². The van der Waals surface area contributed by atoms with Crippen molar-refractivity contribution in [2.24, 2.45) is 0 Å². The topological polar surface area (TPSA) is 74.1 Å². The SMILES string of the molecule is CCN(CCC#N)S(=O)(=O)c1sc(Cl)nc1C. The third-order valence-electron chi connectivity index (χ3n) is 2.13. The fraction of sp³-hybridized carbons (Fsp3) is 0.556. The van der Waals surface area contributed by atoms with E-state index in [0.717, 1.165) is 11.3 Å². The van der Waals surface area contributed by atoms with E-state index in [1.165, 1.54) is 4.31 Å². The lowest BCUT2D eigenvalue weighted by atomic mass is 10.5. The number of nitriles is 1. The summed E-state index contributed by atoms with van der Waals surface area (Å²) in [7, 11) is -3.58. The van der Waals surface area contributed by atoms with Crippen molar-refractivity contribution in [1.29, 1.82) is 5.26 Å². The minimum absolute atomic E-state index is 0.155. The first-order valence-electron chi connectivity index (χ1n) is 4.93. The molecular formula is C9H12ClN3O2S2. The second-order valence-corrected chi connectivity index (χ2v) is 6.96. The van der Waals surface area contributed by atoms with Crippen molar-refractivity contribution in [3.63, 3.8) is 0 Å². The highest BCUT2D eigenvalue weighted by Crippen LogP contribution is 2.29. The molecule has 5 nitrogen and oxygen atoms in total. The quantitative estimate of drug-likeness (QED) is 0.832. The molecule has 0 radical (unpaired) electrons. The maximum atomic E-state index is 12.2. The predicted molar refractivity (Wildman–Crippen MR) is 66.5 cm³/mol. The molecular weight excluding hydrogens is 282 g/mol. The summed E-state index contributed by atoms with van der Waals surface area (Å²) < 4.78 is 26.1. The van der Waals surface area contributed by atoms with Gasteiger partial charge in [-0.3, -0.25) is 0 Å². The summed E-state index contributed by atoms with van der Waals surface area (Å²) in [6.07, 6.45) is 0.165. The van der Waals surface area contributed by atoms with Crippen molar-refractivity contribution in [2.75, 3.05) is 13.1 Å². The van der Waals surface area contributed by atoms with E-state index in [1.807, 2.05) is 6.07 Å². The number of hydrogen-bond acceptors (Lipinski definition) is 5. The molecule has 0 saturated heterocycles. The van der Waals surface area contributed by atoms with Crippen LogP contribution in [0.2, 0.25) is 4.47 Å². The molecule has 0 aliphatic rings. The lowest BCUT2D eigenvalue weighted by Gasteiger charge is -2.18. The first kappa shape index (κ1) is 14.4. The fourth-order valence-electron chi connectivity index (χ4n) is 1.33. The Kier molecular flexibility index (Phi) is 4.89. The highest BCUT2D eigenvalue weighted by molar-refractivity contribution is 7.91. The van der Waals surface area contributed by atoms with Gasteiger partial charge in [-0.2, -0.15) is 9.57 Å². The van der Waals surface area contributed by atoms with E-state index in [2.05, 4.69) is 4.98 Å². The van der Waals surface area contributed by atoms with Crippen LogP contribution in [0.15, 0.2) is 4.21 Å². The van der Waals surface area contributed by atoms with Crippen LogP contribution in [0.25, 0.3) is 0 Å². The average molecular weight is 294 g/mol. The Labute approximate surface area is 110 Å². The molecule has 0 aliphatic heterocycles. The molecule has 0 saturated carbocycles. The summed E-state index contributed by atoms with van der Waals surface area (Å²) in [5.74, 6) is 0. The second kappa shape index (κ2) is 5.78. The van der Waals surface area contributed by atoms with Gasteiger partial charge in [0, 0.05) is 19.5 Å². The van der Waals surface area contributed by atoms with Crippen molar-refractivity contribution >= 4 is 33.0 Å². The Hall–Kier alpha value is -0.680. The van der Waals surface area contributed by atoms with Crippen LogP contribution in [0.4, 0.5) is 0 Å². The number of nitrogens with zero attached hydrogens (tertiary/aromatic N) is 3. The molecule has 1 aromatic rings. The van der Waals surface area contributed by atoms with E-state index in [4.69, 9.17) is 16.9 Å². The third kappa shape index (κ3) is 3.16. The van der Waals surface area contributed by atoms with Crippen LogP contribution in [-0.2, 0) is 10.0 Å². The summed E-state index contributed by atoms with van der Waals surface area (Å²) >= 11 is 6.64. The first-order valence-corrected chi connectivity index (χ1v) is 7.57. The van der Waals surface area contributed by atoms with Crippen LogP contribution >= 0.6 is 22.9 Å². The van der Waals surface area contributed by atoms with Gasteiger partial charge in [-0.1, -0.05) is 29.9 Å². The van der Waals surface area contributed by atoms with Gasteiger partial charge in [0.25, 0.3) is 10.0 Å². The molecule has 8 heteroatoms. The van der Waals surface area contributed by atoms with Gasteiger partial charge in [0.1, 0.15) is 0 Å². The molecule has 0 aliphatic carbocycles. The number of hydrogen-bond donors (Lipinski definition) is 0. The molecule has 0 fully saturated rings.